The number of carbonyl (C=O) groups excluding carboxylic acids is 14. The van der Waals surface area contributed by atoms with Crippen molar-refractivity contribution in [3.63, 3.8) is 0 Å². The highest BCUT2D eigenvalue weighted by atomic mass is 32.2. The first-order valence-electron chi connectivity index (χ1n) is 26.5. The van der Waals surface area contributed by atoms with Crippen molar-refractivity contribution in [2.24, 2.45) is 0 Å². The van der Waals surface area contributed by atoms with Crippen molar-refractivity contribution in [1.82, 2.24) is 0 Å². The molecule has 0 saturated carbocycles. The maximum Gasteiger partial charge on any atom is 0.303 e. The molecule has 0 N–H and O–H groups in total. The summed E-state index contributed by atoms with van der Waals surface area (Å²) in [6.07, 6.45) is -24.1. The van der Waals surface area contributed by atoms with E-state index in [1.165, 1.54) is 6.92 Å². The van der Waals surface area contributed by atoms with E-state index >= 15 is 0 Å². The molecular formula is C52H70O31S4. The number of hydrogen-bond donors (Lipinski definition) is 0. The lowest BCUT2D eigenvalue weighted by atomic mass is 9.99. The van der Waals surface area contributed by atoms with Crippen LogP contribution in [-0.2, 0) is 148 Å². The van der Waals surface area contributed by atoms with Gasteiger partial charge in [0.25, 0.3) is 0 Å². The molecule has 20 atom stereocenters. The average molecular weight is 1320 g/mol. The molecule has 0 aromatic heterocycles. The SMILES string of the molecule is CC(=O)OC[C@H]1O[C@@H](SC[C@H]2O[C@@H](SC[C@H]3O[C@@H](SC(C)=O)[C@H](OC(C)=O)[C@@H](OC(C)=O)[C@@H]3OC(C)=O)[C@H](OC(C)=O)[C@@H](S[C@@H]3O[C@H](COC(C)=O)[C@@H](OC(C)=O)[C@H](OC(C)=O)[C@H]3OC(C)=O)[C@@H]2OC(C)=O)[C@H](OC(C)=O)[C@@H](OC(C)=O)[C@@H]1OC(C)=O. The molecule has 0 amide bonds. The molecule has 0 spiro atoms. The van der Waals surface area contributed by atoms with Gasteiger partial charge < -0.3 is 80.5 Å². The van der Waals surface area contributed by atoms with E-state index in [1.807, 2.05) is 0 Å². The van der Waals surface area contributed by atoms with Gasteiger partial charge in [-0.05, 0) is 0 Å². The Hall–Kier alpha value is -5.98. The third kappa shape index (κ3) is 22.8. The lowest BCUT2D eigenvalue weighted by Gasteiger charge is -2.49. The molecule has 87 heavy (non-hydrogen) atoms. The second-order valence-corrected chi connectivity index (χ2v) is 24.3. The fourth-order valence-electron chi connectivity index (χ4n) is 9.36. The van der Waals surface area contributed by atoms with Crippen LogP contribution >= 0.6 is 47.0 Å². The molecule has 4 aliphatic rings. The van der Waals surface area contributed by atoms with E-state index < -0.39 is 226 Å². The third-order valence-corrected chi connectivity index (χ3v) is 16.9. The lowest BCUT2D eigenvalue weighted by molar-refractivity contribution is -0.238. The Labute approximate surface area is 515 Å². The maximum absolute atomic E-state index is 13.5. The van der Waals surface area contributed by atoms with Gasteiger partial charge in [0.2, 0.25) is 0 Å². The Bertz CT molecular complexity index is 2550. The molecule has 0 aliphatic carbocycles. The first kappa shape index (κ1) is 73.5. The van der Waals surface area contributed by atoms with Gasteiger partial charge in [0.05, 0.1) is 5.25 Å². The summed E-state index contributed by atoms with van der Waals surface area (Å²) in [4.78, 5) is 179. The fraction of sp³-hybridized carbons (Fsp3) is 0.731. The van der Waals surface area contributed by atoms with Crippen molar-refractivity contribution in [1.29, 1.82) is 0 Å². The predicted octanol–water partition coefficient (Wildman–Crippen LogP) is 1.11. The van der Waals surface area contributed by atoms with Crippen molar-refractivity contribution in [2.75, 3.05) is 24.7 Å². The molecule has 488 valence electrons. The molecule has 4 aliphatic heterocycles. The van der Waals surface area contributed by atoms with Gasteiger partial charge in [0.1, 0.15) is 60.0 Å². The fourth-order valence-corrected chi connectivity index (χ4v) is 14.5. The molecule has 4 heterocycles. The van der Waals surface area contributed by atoms with E-state index in [0.717, 1.165) is 114 Å². The van der Waals surface area contributed by atoms with Gasteiger partial charge in [-0.3, -0.25) is 67.1 Å². The highest BCUT2D eigenvalue weighted by molar-refractivity contribution is 8.14. The Balaban J connectivity index is 2.03. The molecule has 0 radical (unpaired) electrons. The van der Waals surface area contributed by atoms with Gasteiger partial charge in [-0.25, -0.2) is 0 Å². The average Bonchev–Trinajstić information content (AvgIpc) is 0.900. The quantitative estimate of drug-likeness (QED) is 0.0964. The zero-order valence-electron chi connectivity index (χ0n) is 49.7. The number of carbonyl (C=O) groups is 14. The topological polar surface area (TPSA) is 396 Å². The van der Waals surface area contributed by atoms with Crippen LogP contribution < -0.4 is 0 Å². The smallest absolute Gasteiger partial charge is 0.303 e. The summed E-state index contributed by atoms with van der Waals surface area (Å²) < 4.78 is 99.3. The number of rotatable bonds is 24. The van der Waals surface area contributed by atoms with Gasteiger partial charge >= 0.3 is 77.6 Å². The summed E-state index contributed by atoms with van der Waals surface area (Å²) in [7, 11) is 0. The molecule has 4 saturated heterocycles. The summed E-state index contributed by atoms with van der Waals surface area (Å²) in [5, 5.41) is -2.09. The van der Waals surface area contributed by atoms with Crippen molar-refractivity contribution < 1.29 is 148 Å². The Morgan fingerprint density at radius 2 is 0.529 bits per heavy atom. The summed E-state index contributed by atoms with van der Waals surface area (Å²) in [5.41, 5.74) is -6.15. The van der Waals surface area contributed by atoms with E-state index in [-0.39, 0.29) is 0 Å². The maximum atomic E-state index is 13.5. The van der Waals surface area contributed by atoms with Crippen LogP contribution in [0.4, 0.5) is 0 Å². The van der Waals surface area contributed by atoms with Crippen LogP contribution in [0, 0.1) is 0 Å². The van der Waals surface area contributed by atoms with E-state index in [2.05, 4.69) is 0 Å². The Kier molecular flexibility index (Phi) is 28.8. The Morgan fingerprint density at radius 3 is 0.885 bits per heavy atom. The monoisotopic (exact) mass is 1320 g/mol. The first-order chi connectivity index (χ1) is 40.6. The van der Waals surface area contributed by atoms with Crippen LogP contribution in [0.3, 0.4) is 0 Å². The van der Waals surface area contributed by atoms with Crippen molar-refractivity contribution in [2.45, 2.75) is 215 Å². The summed E-state index contributed by atoms with van der Waals surface area (Å²) in [6.45, 7) is 13.1. The summed E-state index contributed by atoms with van der Waals surface area (Å²) >= 11 is 2.72. The summed E-state index contributed by atoms with van der Waals surface area (Å²) in [6, 6.07) is 0. The second-order valence-electron chi connectivity index (χ2n) is 19.5. The normalized spacial score (nSPS) is 31.9. The third-order valence-electron chi connectivity index (χ3n) is 12.0. The minimum Gasteiger partial charge on any atom is -0.463 e. The predicted molar refractivity (Wildman–Crippen MR) is 294 cm³/mol. The van der Waals surface area contributed by atoms with E-state index in [0.29, 0.717) is 23.5 Å². The van der Waals surface area contributed by atoms with E-state index in [1.54, 1.807) is 0 Å². The van der Waals surface area contributed by atoms with Crippen LogP contribution in [0.1, 0.15) is 96.9 Å². The molecular weight excluding hydrogens is 1250 g/mol. The molecule has 35 heteroatoms. The van der Waals surface area contributed by atoms with E-state index in [4.69, 9.17) is 80.5 Å². The lowest BCUT2D eigenvalue weighted by Crippen LogP contribution is -2.64. The molecule has 4 rings (SSSR count). The molecule has 0 bridgehead atoms. The number of ether oxygens (including phenoxy) is 17. The zero-order chi connectivity index (χ0) is 65.3. The van der Waals surface area contributed by atoms with Crippen molar-refractivity contribution >= 4 is 130 Å². The highest BCUT2D eigenvalue weighted by Crippen LogP contribution is 2.47. The molecule has 4 fully saturated rings. The van der Waals surface area contributed by atoms with Crippen LogP contribution in [0.2, 0.25) is 0 Å². The first-order valence-corrected chi connectivity index (χ1v) is 30.4. The van der Waals surface area contributed by atoms with Crippen molar-refractivity contribution in [3.8, 4) is 0 Å². The second kappa shape index (κ2) is 34.1. The van der Waals surface area contributed by atoms with Crippen LogP contribution in [0.25, 0.3) is 0 Å². The van der Waals surface area contributed by atoms with E-state index in [9.17, 15) is 67.1 Å². The summed E-state index contributed by atoms with van der Waals surface area (Å²) in [5.74, 6) is -13.0. The number of thioether (sulfide) groups is 4. The Morgan fingerprint density at radius 1 is 0.276 bits per heavy atom. The van der Waals surface area contributed by atoms with Crippen LogP contribution in [0.5, 0.6) is 0 Å². The van der Waals surface area contributed by atoms with Crippen LogP contribution in [-0.4, -0.2) is 226 Å². The minimum absolute atomic E-state index is 0.422. The number of hydrogen-bond acceptors (Lipinski definition) is 35. The molecule has 0 unspecified atom stereocenters. The van der Waals surface area contributed by atoms with Gasteiger partial charge in [-0.1, -0.05) is 11.8 Å². The van der Waals surface area contributed by atoms with Crippen molar-refractivity contribution in [3.05, 3.63) is 0 Å². The van der Waals surface area contributed by atoms with Gasteiger partial charge in [-0.15, -0.1) is 35.3 Å². The van der Waals surface area contributed by atoms with Gasteiger partial charge in [0.15, 0.2) is 71.6 Å². The number of esters is 13. The standard InChI is InChI=1S/C52H70O31S4/c1-19(53)67-15-33-37(69-21(3)55)41(73-25(7)59)44(76-28(10)62)49(80-33)84-18-36-40(72-24(6)58)48(87-52-46(78-30(12)64)42(74-26(8)60)38(70-22(4)56)34(81-52)16-68-20(2)54)47(79-31(13)65)50(82-36)85-17-35-39(71-23(5)57)43(75-27(9)61)45(77-29(11)63)51(83-35)86-32(14)66/h33-52H,15-18H2,1-14H3/t33-,34-,35-,36-,37-,38-,39-,40-,41+,42+,43+,44-,45-,46-,47-,48+,49+,50+,51+,52+/m1/s1. The zero-order valence-corrected chi connectivity index (χ0v) is 52.9. The molecule has 0 aromatic carbocycles. The highest BCUT2D eigenvalue weighted by Gasteiger charge is 2.60. The largest absolute Gasteiger partial charge is 0.463 e. The molecule has 0 aromatic rings. The minimum atomic E-state index is -1.77. The van der Waals surface area contributed by atoms with Gasteiger partial charge in [-0.2, -0.15) is 0 Å². The van der Waals surface area contributed by atoms with Crippen LogP contribution in [0.15, 0.2) is 0 Å². The molecule has 31 nitrogen and oxygen atoms in total. The van der Waals surface area contributed by atoms with Gasteiger partial charge in [0, 0.05) is 108 Å².